The van der Waals surface area contributed by atoms with Crippen LogP contribution < -0.4 is 10.6 Å². The van der Waals surface area contributed by atoms with Crippen molar-refractivity contribution in [3.63, 3.8) is 0 Å². The summed E-state index contributed by atoms with van der Waals surface area (Å²) in [5, 5.41) is 7.51. The molecule has 0 unspecified atom stereocenters. The Labute approximate surface area is 160 Å². The van der Waals surface area contributed by atoms with Gasteiger partial charge in [0, 0.05) is 60.3 Å². The molecule has 2 N–H and O–H groups in total. The fourth-order valence-electron chi connectivity index (χ4n) is 3.13. The summed E-state index contributed by atoms with van der Waals surface area (Å²) in [6.07, 6.45) is 0. The SMILES string of the molecule is NC(=O)c1ccc(N2CCN(Cc3csc(-c4ccsc4)n3)CC2)cc1. The standard InChI is InChI=1S/C19H20N4OS2/c20-18(24)14-1-3-17(4-2-14)23-8-6-22(7-9-23)11-16-13-26-19(21-16)15-5-10-25-12-15/h1-5,10,12-13H,6-9,11H2,(H2,20,24). The van der Waals surface area contributed by atoms with Gasteiger partial charge in [-0.15, -0.1) is 11.3 Å². The van der Waals surface area contributed by atoms with E-state index in [1.807, 2.05) is 12.1 Å². The summed E-state index contributed by atoms with van der Waals surface area (Å²) < 4.78 is 0. The minimum absolute atomic E-state index is 0.383. The van der Waals surface area contributed by atoms with Crippen LogP contribution >= 0.6 is 22.7 Å². The zero-order valence-corrected chi connectivity index (χ0v) is 15.9. The zero-order chi connectivity index (χ0) is 17.9. The first-order chi connectivity index (χ1) is 12.7. The van der Waals surface area contributed by atoms with Crippen LogP contribution in [-0.4, -0.2) is 42.0 Å². The Kier molecular flexibility index (Phi) is 5.01. The van der Waals surface area contributed by atoms with Crippen LogP contribution in [-0.2, 0) is 6.54 Å². The highest BCUT2D eigenvalue weighted by Crippen LogP contribution is 2.26. The van der Waals surface area contributed by atoms with Crippen LogP contribution in [0.3, 0.4) is 0 Å². The van der Waals surface area contributed by atoms with Gasteiger partial charge in [0.15, 0.2) is 0 Å². The molecule has 1 aliphatic rings. The van der Waals surface area contributed by atoms with Crippen LogP contribution in [0.5, 0.6) is 0 Å². The molecule has 0 radical (unpaired) electrons. The minimum Gasteiger partial charge on any atom is -0.369 e. The lowest BCUT2D eigenvalue weighted by Crippen LogP contribution is -2.46. The van der Waals surface area contributed by atoms with Crippen LogP contribution in [0.4, 0.5) is 5.69 Å². The summed E-state index contributed by atoms with van der Waals surface area (Å²) >= 11 is 3.42. The third-order valence-electron chi connectivity index (χ3n) is 4.59. The van der Waals surface area contributed by atoms with Crippen molar-refractivity contribution in [3.05, 3.63) is 57.7 Å². The van der Waals surface area contributed by atoms with E-state index in [-0.39, 0.29) is 5.91 Å². The molecule has 0 saturated carbocycles. The second-order valence-corrected chi connectivity index (χ2v) is 7.97. The van der Waals surface area contributed by atoms with E-state index in [1.54, 1.807) is 34.8 Å². The number of amides is 1. The third kappa shape index (κ3) is 3.80. The van der Waals surface area contributed by atoms with Crippen LogP contribution in [0.15, 0.2) is 46.5 Å². The molecule has 0 atom stereocenters. The molecule has 3 aromatic rings. The molecule has 2 aromatic heterocycles. The normalized spacial score (nSPS) is 15.3. The summed E-state index contributed by atoms with van der Waals surface area (Å²) in [5.41, 5.74) is 9.36. The summed E-state index contributed by atoms with van der Waals surface area (Å²) in [6.45, 7) is 4.84. The number of rotatable bonds is 5. The Balaban J connectivity index is 1.33. The number of carbonyl (C=O) groups excluding carboxylic acids is 1. The van der Waals surface area contributed by atoms with Crippen molar-refractivity contribution >= 4 is 34.3 Å². The summed E-state index contributed by atoms with van der Waals surface area (Å²) in [7, 11) is 0. The number of aromatic nitrogens is 1. The maximum Gasteiger partial charge on any atom is 0.248 e. The predicted octanol–water partition coefficient (Wildman–Crippen LogP) is 3.29. The highest BCUT2D eigenvalue weighted by molar-refractivity contribution is 7.14. The second kappa shape index (κ2) is 7.57. The lowest BCUT2D eigenvalue weighted by Gasteiger charge is -2.35. The van der Waals surface area contributed by atoms with E-state index < -0.39 is 0 Å². The summed E-state index contributed by atoms with van der Waals surface area (Å²) in [6, 6.07) is 9.67. The van der Waals surface area contributed by atoms with Gasteiger partial charge in [-0.2, -0.15) is 11.3 Å². The lowest BCUT2D eigenvalue weighted by atomic mass is 10.1. The smallest absolute Gasteiger partial charge is 0.248 e. The number of thiazole rings is 1. The number of hydrogen-bond acceptors (Lipinski definition) is 6. The van der Waals surface area contributed by atoms with Crippen molar-refractivity contribution in [2.75, 3.05) is 31.1 Å². The first-order valence-corrected chi connectivity index (χ1v) is 10.4. The molecule has 7 heteroatoms. The average molecular weight is 385 g/mol. The molecule has 1 aliphatic heterocycles. The maximum atomic E-state index is 11.2. The predicted molar refractivity (Wildman–Crippen MR) is 108 cm³/mol. The van der Waals surface area contributed by atoms with Crippen LogP contribution in [0.1, 0.15) is 16.1 Å². The first-order valence-electron chi connectivity index (χ1n) is 8.53. The maximum absolute atomic E-state index is 11.2. The summed E-state index contributed by atoms with van der Waals surface area (Å²) in [5.74, 6) is -0.383. The number of nitrogens with zero attached hydrogens (tertiary/aromatic N) is 3. The molecule has 134 valence electrons. The van der Waals surface area contributed by atoms with Crippen LogP contribution in [0.2, 0.25) is 0 Å². The second-order valence-electron chi connectivity index (χ2n) is 6.33. The van der Waals surface area contributed by atoms with Gasteiger partial charge in [0.1, 0.15) is 5.01 Å². The minimum atomic E-state index is -0.383. The number of carbonyl (C=O) groups is 1. The first kappa shape index (κ1) is 17.2. The van der Waals surface area contributed by atoms with E-state index in [0.717, 1.165) is 49.1 Å². The van der Waals surface area contributed by atoms with Gasteiger partial charge in [-0.05, 0) is 35.7 Å². The Hall–Kier alpha value is -2.22. The van der Waals surface area contributed by atoms with Crippen molar-refractivity contribution in [2.45, 2.75) is 6.54 Å². The lowest BCUT2D eigenvalue weighted by molar-refractivity contribution is 0.100. The highest BCUT2D eigenvalue weighted by atomic mass is 32.1. The Morgan fingerprint density at radius 2 is 1.85 bits per heavy atom. The van der Waals surface area contributed by atoms with Gasteiger partial charge < -0.3 is 10.6 Å². The molecule has 4 rings (SSSR count). The number of primary amides is 1. The van der Waals surface area contributed by atoms with Crippen molar-refractivity contribution in [3.8, 4) is 10.6 Å². The Morgan fingerprint density at radius 3 is 2.50 bits per heavy atom. The molecular weight excluding hydrogens is 364 g/mol. The molecule has 1 aromatic carbocycles. The van der Waals surface area contributed by atoms with Crippen molar-refractivity contribution in [2.24, 2.45) is 5.73 Å². The van der Waals surface area contributed by atoms with Crippen LogP contribution in [0, 0.1) is 0 Å². The largest absolute Gasteiger partial charge is 0.369 e. The van der Waals surface area contributed by atoms with E-state index in [4.69, 9.17) is 10.7 Å². The molecule has 1 fully saturated rings. The van der Waals surface area contributed by atoms with E-state index in [2.05, 4.69) is 32.0 Å². The van der Waals surface area contributed by atoms with Gasteiger partial charge in [0.05, 0.1) is 5.69 Å². The number of piperazine rings is 1. The zero-order valence-electron chi connectivity index (χ0n) is 14.3. The number of benzene rings is 1. The molecule has 1 saturated heterocycles. The number of thiophene rings is 1. The number of nitrogens with two attached hydrogens (primary N) is 1. The van der Waals surface area contributed by atoms with E-state index in [1.165, 1.54) is 5.56 Å². The van der Waals surface area contributed by atoms with Crippen LogP contribution in [0.25, 0.3) is 10.6 Å². The fraction of sp³-hybridized carbons (Fsp3) is 0.263. The summed E-state index contributed by atoms with van der Waals surface area (Å²) in [4.78, 5) is 20.7. The molecule has 5 nitrogen and oxygen atoms in total. The molecule has 1 amide bonds. The van der Waals surface area contributed by atoms with Gasteiger partial charge in [0.2, 0.25) is 5.91 Å². The monoisotopic (exact) mass is 384 g/mol. The van der Waals surface area contributed by atoms with Crippen molar-refractivity contribution < 1.29 is 4.79 Å². The topological polar surface area (TPSA) is 62.5 Å². The van der Waals surface area contributed by atoms with Gasteiger partial charge in [0.25, 0.3) is 0 Å². The molecule has 0 bridgehead atoms. The molecule has 3 heterocycles. The van der Waals surface area contributed by atoms with E-state index in [0.29, 0.717) is 5.56 Å². The molecule has 26 heavy (non-hydrogen) atoms. The van der Waals surface area contributed by atoms with Crippen molar-refractivity contribution in [1.82, 2.24) is 9.88 Å². The number of anilines is 1. The van der Waals surface area contributed by atoms with E-state index in [9.17, 15) is 4.79 Å². The molecule has 0 aliphatic carbocycles. The van der Waals surface area contributed by atoms with Gasteiger partial charge in [-0.3, -0.25) is 9.69 Å². The highest BCUT2D eigenvalue weighted by Gasteiger charge is 2.18. The molecular formula is C19H20N4OS2. The number of hydrogen-bond donors (Lipinski definition) is 1. The Bertz CT molecular complexity index is 865. The van der Waals surface area contributed by atoms with Gasteiger partial charge >= 0.3 is 0 Å². The fourth-order valence-corrected chi connectivity index (χ4v) is 4.65. The molecule has 0 spiro atoms. The Morgan fingerprint density at radius 1 is 1.08 bits per heavy atom. The van der Waals surface area contributed by atoms with E-state index >= 15 is 0 Å². The third-order valence-corrected chi connectivity index (χ3v) is 6.22. The van der Waals surface area contributed by atoms with Gasteiger partial charge in [-0.1, -0.05) is 0 Å². The van der Waals surface area contributed by atoms with Crippen molar-refractivity contribution in [1.29, 1.82) is 0 Å². The average Bonchev–Trinajstić information content (AvgIpc) is 3.34. The van der Waals surface area contributed by atoms with Gasteiger partial charge in [-0.25, -0.2) is 4.98 Å². The quantitative estimate of drug-likeness (QED) is 0.733.